The van der Waals surface area contributed by atoms with E-state index in [2.05, 4.69) is 4.98 Å². The maximum atomic E-state index is 9.07. The second-order valence-corrected chi connectivity index (χ2v) is 3.68. The number of ether oxygens (including phenoxy) is 2. The number of hydrogen-bond acceptors (Lipinski definition) is 4. The highest BCUT2D eigenvalue weighted by molar-refractivity contribution is 5.29. The Labute approximate surface area is 88.9 Å². The van der Waals surface area contributed by atoms with Gasteiger partial charge in [0.25, 0.3) is 0 Å². The number of hydrogen-bond donors (Lipinski definition) is 1. The number of rotatable bonds is 4. The molecule has 0 saturated carbocycles. The third-order valence-corrected chi connectivity index (χ3v) is 2.53. The highest BCUT2D eigenvalue weighted by Crippen LogP contribution is 2.19. The molecule has 0 spiro atoms. The summed E-state index contributed by atoms with van der Waals surface area (Å²) >= 11 is 0. The van der Waals surface area contributed by atoms with E-state index in [1.807, 2.05) is 0 Å². The van der Waals surface area contributed by atoms with Gasteiger partial charge in [0.15, 0.2) is 0 Å². The first kappa shape index (κ1) is 10.4. The lowest BCUT2D eigenvalue weighted by atomic mass is 10.1. The second-order valence-electron chi connectivity index (χ2n) is 3.68. The van der Waals surface area contributed by atoms with Crippen LogP contribution in [0.1, 0.15) is 12.0 Å². The van der Waals surface area contributed by atoms with Crippen molar-refractivity contribution in [3.63, 3.8) is 0 Å². The van der Waals surface area contributed by atoms with E-state index in [1.165, 1.54) is 0 Å². The summed E-state index contributed by atoms with van der Waals surface area (Å²) in [5, 5.41) is 9.07. The summed E-state index contributed by atoms with van der Waals surface area (Å²) in [5.41, 5.74) is 0.733. The van der Waals surface area contributed by atoms with Gasteiger partial charge in [-0.2, -0.15) is 0 Å². The van der Waals surface area contributed by atoms with Gasteiger partial charge in [-0.25, -0.2) is 0 Å². The quantitative estimate of drug-likeness (QED) is 0.803. The van der Waals surface area contributed by atoms with Crippen LogP contribution in [0.4, 0.5) is 0 Å². The largest absolute Gasteiger partial charge is 0.493 e. The molecule has 4 heteroatoms. The van der Waals surface area contributed by atoms with E-state index in [4.69, 9.17) is 14.6 Å². The van der Waals surface area contributed by atoms with Gasteiger partial charge in [-0.3, -0.25) is 4.98 Å². The summed E-state index contributed by atoms with van der Waals surface area (Å²) in [7, 11) is 0. The SMILES string of the molecule is OCc1cnccc1OCC1CCOC1. The van der Waals surface area contributed by atoms with E-state index in [-0.39, 0.29) is 6.61 Å². The molecule has 1 aromatic heterocycles. The summed E-state index contributed by atoms with van der Waals surface area (Å²) in [6.07, 6.45) is 4.35. The molecule has 0 radical (unpaired) electrons. The number of nitrogens with zero attached hydrogens (tertiary/aromatic N) is 1. The van der Waals surface area contributed by atoms with Crippen molar-refractivity contribution in [2.75, 3.05) is 19.8 Å². The summed E-state index contributed by atoms with van der Waals surface area (Å²) in [5.74, 6) is 1.20. The molecular formula is C11H15NO3. The van der Waals surface area contributed by atoms with Crippen molar-refractivity contribution in [3.8, 4) is 5.75 Å². The lowest BCUT2D eigenvalue weighted by molar-refractivity contribution is 0.165. The van der Waals surface area contributed by atoms with Crippen molar-refractivity contribution in [1.82, 2.24) is 4.98 Å². The molecule has 1 saturated heterocycles. The van der Waals surface area contributed by atoms with Crippen LogP contribution in [0.2, 0.25) is 0 Å². The van der Waals surface area contributed by atoms with Crippen LogP contribution in [-0.2, 0) is 11.3 Å². The van der Waals surface area contributed by atoms with Gasteiger partial charge in [0.05, 0.1) is 19.8 Å². The third-order valence-electron chi connectivity index (χ3n) is 2.53. The molecule has 1 aromatic rings. The van der Waals surface area contributed by atoms with Gasteiger partial charge in [0, 0.05) is 30.5 Å². The Morgan fingerprint density at radius 2 is 2.53 bits per heavy atom. The maximum Gasteiger partial charge on any atom is 0.127 e. The Kier molecular flexibility index (Phi) is 3.53. The third kappa shape index (κ3) is 2.67. The molecule has 1 N–H and O–H groups in total. The molecular weight excluding hydrogens is 194 g/mol. The average molecular weight is 209 g/mol. The van der Waals surface area contributed by atoms with Crippen LogP contribution in [-0.4, -0.2) is 29.9 Å². The highest BCUT2D eigenvalue weighted by Gasteiger charge is 2.16. The number of pyridine rings is 1. The van der Waals surface area contributed by atoms with Gasteiger partial charge in [-0.1, -0.05) is 0 Å². The minimum absolute atomic E-state index is 0.0374. The molecule has 4 nitrogen and oxygen atoms in total. The van der Waals surface area contributed by atoms with E-state index in [9.17, 15) is 0 Å². The van der Waals surface area contributed by atoms with Crippen molar-refractivity contribution in [2.24, 2.45) is 5.92 Å². The van der Waals surface area contributed by atoms with Gasteiger partial charge in [-0.05, 0) is 12.5 Å². The molecule has 1 atom stereocenters. The van der Waals surface area contributed by atoms with E-state index < -0.39 is 0 Å². The summed E-state index contributed by atoms with van der Waals surface area (Å²) < 4.78 is 10.9. The van der Waals surface area contributed by atoms with Crippen molar-refractivity contribution in [2.45, 2.75) is 13.0 Å². The van der Waals surface area contributed by atoms with Crippen LogP contribution >= 0.6 is 0 Å². The monoisotopic (exact) mass is 209 g/mol. The van der Waals surface area contributed by atoms with E-state index >= 15 is 0 Å². The molecule has 1 fully saturated rings. The van der Waals surface area contributed by atoms with Gasteiger partial charge in [-0.15, -0.1) is 0 Å². The van der Waals surface area contributed by atoms with Crippen molar-refractivity contribution in [1.29, 1.82) is 0 Å². The molecule has 0 amide bonds. The van der Waals surface area contributed by atoms with Gasteiger partial charge < -0.3 is 14.6 Å². The topological polar surface area (TPSA) is 51.6 Å². The van der Waals surface area contributed by atoms with Crippen LogP contribution in [0.3, 0.4) is 0 Å². The Morgan fingerprint density at radius 3 is 3.27 bits per heavy atom. The Balaban J connectivity index is 1.91. The fraction of sp³-hybridized carbons (Fsp3) is 0.545. The standard InChI is InChI=1S/C11H15NO3/c13-6-10-5-12-3-1-11(10)15-8-9-2-4-14-7-9/h1,3,5,9,13H,2,4,6-8H2. The summed E-state index contributed by atoms with van der Waals surface area (Å²) in [6, 6.07) is 1.78. The van der Waals surface area contributed by atoms with Crippen molar-refractivity contribution in [3.05, 3.63) is 24.0 Å². The van der Waals surface area contributed by atoms with Gasteiger partial charge in [0.2, 0.25) is 0 Å². The average Bonchev–Trinajstić information content (AvgIpc) is 2.79. The minimum Gasteiger partial charge on any atom is -0.493 e. The maximum absolute atomic E-state index is 9.07. The molecule has 0 bridgehead atoms. The van der Waals surface area contributed by atoms with Crippen molar-refractivity contribution < 1.29 is 14.6 Å². The Bertz CT molecular complexity index is 310. The molecule has 2 rings (SSSR count). The molecule has 1 unspecified atom stereocenters. The predicted octanol–water partition coefficient (Wildman–Crippen LogP) is 0.989. The van der Waals surface area contributed by atoms with Crippen LogP contribution in [0.5, 0.6) is 5.75 Å². The van der Waals surface area contributed by atoms with E-state index in [0.29, 0.717) is 12.5 Å². The summed E-state index contributed by atoms with van der Waals surface area (Å²) in [4.78, 5) is 3.93. The smallest absolute Gasteiger partial charge is 0.127 e. The molecule has 0 aliphatic carbocycles. The Hall–Kier alpha value is -1.13. The molecule has 82 valence electrons. The summed E-state index contributed by atoms with van der Waals surface area (Å²) in [6.45, 7) is 2.22. The zero-order chi connectivity index (χ0) is 10.5. The lowest BCUT2D eigenvalue weighted by Gasteiger charge is -2.12. The highest BCUT2D eigenvalue weighted by atomic mass is 16.5. The van der Waals surface area contributed by atoms with Crippen LogP contribution in [0.25, 0.3) is 0 Å². The minimum atomic E-state index is -0.0374. The molecule has 1 aliphatic rings. The van der Waals surface area contributed by atoms with Crippen LogP contribution in [0, 0.1) is 5.92 Å². The fourth-order valence-electron chi connectivity index (χ4n) is 1.60. The number of aliphatic hydroxyl groups excluding tert-OH is 1. The zero-order valence-electron chi connectivity index (χ0n) is 8.56. The predicted molar refractivity (Wildman–Crippen MR) is 54.6 cm³/mol. The first-order chi connectivity index (χ1) is 7.40. The number of aromatic nitrogens is 1. The van der Waals surface area contributed by atoms with E-state index in [0.717, 1.165) is 30.9 Å². The first-order valence-electron chi connectivity index (χ1n) is 5.14. The zero-order valence-corrected chi connectivity index (χ0v) is 8.56. The van der Waals surface area contributed by atoms with Crippen LogP contribution < -0.4 is 4.74 Å². The van der Waals surface area contributed by atoms with Crippen LogP contribution in [0.15, 0.2) is 18.5 Å². The molecule has 0 aromatic carbocycles. The lowest BCUT2D eigenvalue weighted by Crippen LogP contribution is -2.12. The van der Waals surface area contributed by atoms with E-state index in [1.54, 1.807) is 18.5 Å². The van der Waals surface area contributed by atoms with Gasteiger partial charge >= 0.3 is 0 Å². The van der Waals surface area contributed by atoms with Crippen molar-refractivity contribution >= 4 is 0 Å². The first-order valence-corrected chi connectivity index (χ1v) is 5.14. The normalized spacial score (nSPS) is 20.5. The van der Waals surface area contributed by atoms with Gasteiger partial charge in [0.1, 0.15) is 5.75 Å². The molecule has 15 heavy (non-hydrogen) atoms. The fourth-order valence-corrected chi connectivity index (χ4v) is 1.60. The number of aliphatic hydroxyl groups is 1. The molecule has 2 heterocycles. The molecule has 1 aliphatic heterocycles. The second kappa shape index (κ2) is 5.09. The Morgan fingerprint density at radius 1 is 1.60 bits per heavy atom.